The quantitative estimate of drug-likeness (QED) is 0.386. The molecule has 7 nitrogen and oxygen atoms in total. The van der Waals surface area contributed by atoms with E-state index in [-0.39, 0.29) is 11.6 Å². The van der Waals surface area contributed by atoms with Gasteiger partial charge in [0, 0.05) is 6.20 Å². The summed E-state index contributed by atoms with van der Waals surface area (Å²) in [5.74, 6) is -1.48. The topological polar surface area (TPSA) is 89.6 Å². The fourth-order valence-corrected chi connectivity index (χ4v) is 3.38. The molecule has 0 aliphatic heterocycles. The first-order valence-electron chi connectivity index (χ1n) is 9.90. The van der Waals surface area contributed by atoms with Crippen molar-refractivity contribution in [3.8, 4) is 22.8 Å². The van der Waals surface area contributed by atoms with Crippen LogP contribution in [0.5, 0.6) is 0 Å². The van der Waals surface area contributed by atoms with Gasteiger partial charge in [0.15, 0.2) is 0 Å². The van der Waals surface area contributed by atoms with Crippen LogP contribution in [0.1, 0.15) is 11.6 Å². The molecule has 33 heavy (non-hydrogen) atoms. The van der Waals surface area contributed by atoms with Crippen LogP contribution in [0.4, 0.5) is 19.0 Å². The van der Waals surface area contributed by atoms with Crippen LogP contribution in [0.15, 0.2) is 77.4 Å². The highest BCUT2D eigenvalue weighted by Gasteiger charge is 2.39. The summed E-state index contributed by atoms with van der Waals surface area (Å²) in [6.07, 6.45) is -3.09. The number of benzene rings is 2. The first-order chi connectivity index (χ1) is 16.0. The van der Waals surface area contributed by atoms with E-state index in [1.54, 1.807) is 12.3 Å². The van der Waals surface area contributed by atoms with Crippen molar-refractivity contribution in [3.05, 3.63) is 84.5 Å². The fraction of sp³-hybridized carbons (Fsp3) is 0.0870. The largest absolute Gasteiger partial charge is 0.471 e. The van der Waals surface area contributed by atoms with Crippen molar-refractivity contribution in [3.63, 3.8) is 0 Å². The molecule has 0 unspecified atom stereocenters. The lowest BCUT2D eigenvalue weighted by Crippen LogP contribution is -2.07. The number of aromatic nitrogens is 5. The Morgan fingerprint density at radius 2 is 1.64 bits per heavy atom. The molecule has 0 atom stereocenters. The number of nitrogens with zero attached hydrogens (tertiary/aromatic N) is 5. The van der Waals surface area contributed by atoms with E-state index >= 15 is 0 Å². The number of anilines is 1. The van der Waals surface area contributed by atoms with E-state index in [9.17, 15) is 13.2 Å². The third kappa shape index (κ3) is 4.22. The SMILES string of the molecule is FC(F)(F)c1nc(-c2nc(NCc3ccccn3)c3c(-c4ccccc4)cccc3n2)no1. The zero-order chi connectivity index (χ0) is 22.8. The van der Waals surface area contributed by atoms with Crippen molar-refractivity contribution in [2.45, 2.75) is 12.7 Å². The van der Waals surface area contributed by atoms with Gasteiger partial charge in [-0.25, -0.2) is 9.97 Å². The maximum atomic E-state index is 12.9. The highest BCUT2D eigenvalue weighted by atomic mass is 19.4. The standard InChI is InChI=1S/C23H15F3N6O/c24-23(25,26)22-31-21(32-33-22)20-29-17-11-6-10-16(14-7-2-1-3-8-14)18(17)19(30-20)28-13-15-9-4-5-12-27-15/h1-12H,13H2,(H,28,29,30). The average molecular weight is 448 g/mol. The Labute approximate surface area is 185 Å². The number of hydrogen-bond acceptors (Lipinski definition) is 7. The normalized spacial score (nSPS) is 11.6. The van der Waals surface area contributed by atoms with E-state index in [1.807, 2.05) is 60.7 Å². The van der Waals surface area contributed by atoms with Crippen LogP contribution in [0, 0.1) is 0 Å². The molecule has 5 rings (SSSR count). The molecule has 0 fully saturated rings. The summed E-state index contributed by atoms with van der Waals surface area (Å²) in [4.78, 5) is 16.6. The molecule has 5 aromatic rings. The van der Waals surface area contributed by atoms with Crippen molar-refractivity contribution in [1.29, 1.82) is 0 Å². The summed E-state index contributed by atoms with van der Waals surface area (Å²) in [6, 6.07) is 20.7. The highest BCUT2D eigenvalue weighted by molar-refractivity contribution is 6.02. The first kappa shape index (κ1) is 20.6. The highest BCUT2D eigenvalue weighted by Crippen LogP contribution is 2.34. The zero-order valence-electron chi connectivity index (χ0n) is 16.9. The third-order valence-electron chi connectivity index (χ3n) is 4.84. The van der Waals surface area contributed by atoms with Gasteiger partial charge in [-0.05, 0) is 29.3 Å². The van der Waals surface area contributed by atoms with Crippen molar-refractivity contribution in [2.24, 2.45) is 0 Å². The number of rotatable bonds is 5. The van der Waals surface area contributed by atoms with E-state index in [0.29, 0.717) is 23.3 Å². The van der Waals surface area contributed by atoms with Crippen molar-refractivity contribution >= 4 is 16.7 Å². The van der Waals surface area contributed by atoms with Crippen LogP contribution < -0.4 is 5.32 Å². The number of fused-ring (bicyclic) bond motifs is 1. The second-order valence-electron chi connectivity index (χ2n) is 7.06. The molecule has 164 valence electrons. The van der Waals surface area contributed by atoms with Gasteiger partial charge in [0.25, 0.3) is 0 Å². The van der Waals surface area contributed by atoms with Crippen LogP contribution in [-0.2, 0) is 12.7 Å². The number of hydrogen-bond donors (Lipinski definition) is 1. The minimum absolute atomic E-state index is 0.0875. The van der Waals surface area contributed by atoms with Gasteiger partial charge in [-0.15, -0.1) is 0 Å². The summed E-state index contributed by atoms with van der Waals surface area (Å²) < 4.78 is 43.2. The molecule has 0 bridgehead atoms. The minimum Gasteiger partial charge on any atom is -0.364 e. The molecule has 3 heterocycles. The van der Waals surface area contributed by atoms with Crippen molar-refractivity contribution in [1.82, 2.24) is 25.1 Å². The predicted octanol–water partition coefficient (Wildman–Crippen LogP) is 5.37. The van der Waals surface area contributed by atoms with Crippen LogP contribution in [-0.4, -0.2) is 25.1 Å². The Morgan fingerprint density at radius 1 is 0.818 bits per heavy atom. The molecule has 2 aromatic carbocycles. The molecule has 0 radical (unpaired) electrons. The number of nitrogens with one attached hydrogen (secondary N) is 1. The van der Waals surface area contributed by atoms with Gasteiger partial charge in [0.2, 0.25) is 11.6 Å². The Bertz CT molecular complexity index is 1400. The second-order valence-corrected chi connectivity index (χ2v) is 7.06. The lowest BCUT2D eigenvalue weighted by molar-refractivity contribution is -0.159. The molecule has 0 spiro atoms. The van der Waals surface area contributed by atoms with E-state index in [2.05, 4.69) is 34.9 Å². The molecule has 0 aliphatic rings. The number of alkyl halides is 3. The molecular formula is C23H15F3N6O. The monoisotopic (exact) mass is 448 g/mol. The van der Waals surface area contributed by atoms with E-state index in [1.165, 1.54) is 0 Å². The molecule has 0 saturated heterocycles. The molecule has 0 amide bonds. The third-order valence-corrected chi connectivity index (χ3v) is 4.84. The van der Waals surface area contributed by atoms with Crippen LogP contribution in [0.3, 0.4) is 0 Å². The predicted molar refractivity (Wildman–Crippen MR) is 115 cm³/mol. The molecule has 1 N–H and O–H groups in total. The molecule has 0 aliphatic carbocycles. The summed E-state index contributed by atoms with van der Waals surface area (Å²) >= 11 is 0. The fourth-order valence-electron chi connectivity index (χ4n) is 3.38. The maximum Gasteiger partial charge on any atom is 0.471 e. The smallest absolute Gasteiger partial charge is 0.364 e. The summed E-state index contributed by atoms with van der Waals surface area (Å²) in [5, 5.41) is 7.38. The summed E-state index contributed by atoms with van der Waals surface area (Å²) in [5.41, 5.74) is 3.09. The van der Waals surface area contributed by atoms with Gasteiger partial charge < -0.3 is 9.84 Å². The van der Waals surface area contributed by atoms with Gasteiger partial charge in [0.05, 0.1) is 23.1 Å². The number of pyridine rings is 1. The molecule has 0 saturated carbocycles. The zero-order valence-corrected chi connectivity index (χ0v) is 16.9. The summed E-state index contributed by atoms with van der Waals surface area (Å²) in [7, 11) is 0. The van der Waals surface area contributed by atoms with Crippen LogP contribution >= 0.6 is 0 Å². The summed E-state index contributed by atoms with van der Waals surface area (Å²) in [6.45, 7) is 0.343. The molecule has 3 aromatic heterocycles. The molecular weight excluding hydrogens is 433 g/mol. The van der Waals surface area contributed by atoms with Crippen molar-refractivity contribution in [2.75, 3.05) is 5.32 Å². The molecule has 10 heteroatoms. The van der Waals surface area contributed by atoms with Gasteiger partial charge >= 0.3 is 12.1 Å². The van der Waals surface area contributed by atoms with Gasteiger partial charge in [-0.2, -0.15) is 18.2 Å². The average Bonchev–Trinajstić information content (AvgIpc) is 3.34. The Balaban J connectivity index is 1.66. The van der Waals surface area contributed by atoms with Gasteiger partial charge in [0.1, 0.15) is 5.82 Å². The van der Waals surface area contributed by atoms with Crippen LogP contribution in [0.2, 0.25) is 0 Å². The number of halogens is 3. The Kier molecular flexibility index (Phi) is 5.17. The van der Waals surface area contributed by atoms with Gasteiger partial charge in [-0.1, -0.05) is 53.7 Å². The first-order valence-corrected chi connectivity index (χ1v) is 9.90. The van der Waals surface area contributed by atoms with Crippen molar-refractivity contribution < 1.29 is 17.7 Å². The minimum atomic E-state index is -4.76. The maximum absolute atomic E-state index is 12.9. The van der Waals surface area contributed by atoms with E-state index in [4.69, 9.17) is 0 Å². The van der Waals surface area contributed by atoms with E-state index in [0.717, 1.165) is 16.8 Å². The lowest BCUT2D eigenvalue weighted by Gasteiger charge is -2.13. The Hall–Kier alpha value is -4.34. The van der Waals surface area contributed by atoms with Gasteiger partial charge in [-0.3, -0.25) is 4.98 Å². The van der Waals surface area contributed by atoms with E-state index < -0.39 is 12.1 Å². The lowest BCUT2D eigenvalue weighted by atomic mass is 10.0. The Morgan fingerprint density at radius 3 is 2.36 bits per heavy atom. The van der Waals surface area contributed by atoms with Crippen LogP contribution in [0.25, 0.3) is 33.7 Å². The second kappa shape index (κ2) is 8.30.